The monoisotopic (exact) mass is 419 g/mol. The fourth-order valence-corrected chi connectivity index (χ4v) is 3.84. The molecule has 0 atom stereocenters. The van der Waals surface area contributed by atoms with Crippen molar-refractivity contribution in [1.82, 2.24) is 14.9 Å². The molecule has 0 aliphatic carbocycles. The quantitative estimate of drug-likeness (QED) is 0.617. The topological polar surface area (TPSA) is 55.3 Å². The van der Waals surface area contributed by atoms with Crippen molar-refractivity contribution in [3.05, 3.63) is 77.0 Å². The summed E-state index contributed by atoms with van der Waals surface area (Å²) < 4.78 is 18.5. The van der Waals surface area contributed by atoms with Crippen LogP contribution in [0.15, 0.2) is 48.5 Å². The molecule has 1 amide bonds. The lowest BCUT2D eigenvalue weighted by atomic mass is 10.00. The number of fused-ring (bicyclic) bond motifs is 1. The fraction of sp³-hybridized carbons (Fsp3) is 0.320. The van der Waals surface area contributed by atoms with Gasteiger partial charge in [-0.3, -0.25) is 4.79 Å². The molecule has 2 aromatic carbocycles. The molecule has 0 spiro atoms. The van der Waals surface area contributed by atoms with Crippen molar-refractivity contribution in [3.8, 4) is 17.0 Å². The van der Waals surface area contributed by atoms with Gasteiger partial charge in [-0.25, -0.2) is 14.4 Å². The average molecular weight is 420 g/mol. The lowest BCUT2D eigenvalue weighted by Gasteiger charge is -2.20. The standard InChI is InChI=1S/C25H26FN3O2/c1-16(2)24-27-22-13-15-29(25(30)18-4-8-19(26)9-5-18)14-12-21(22)23(28-24)17-6-10-20(31-3)11-7-17/h4-11,16H,12-15H2,1-3H3. The van der Waals surface area contributed by atoms with Gasteiger partial charge in [-0.15, -0.1) is 0 Å². The van der Waals surface area contributed by atoms with Crippen LogP contribution in [-0.2, 0) is 12.8 Å². The Morgan fingerprint density at radius 3 is 2.32 bits per heavy atom. The third-order valence-corrected chi connectivity index (χ3v) is 5.62. The second-order valence-corrected chi connectivity index (χ2v) is 8.04. The Kier molecular flexibility index (Phi) is 5.98. The number of hydrogen-bond acceptors (Lipinski definition) is 4. The molecule has 5 nitrogen and oxygen atoms in total. The van der Waals surface area contributed by atoms with E-state index in [0.717, 1.165) is 34.1 Å². The van der Waals surface area contributed by atoms with Crippen molar-refractivity contribution in [2.45, 2.75) is 32.6 Å². The second-order valence-electron chi connectivity index (χ2n) is 8.04. The minimum Gasteiger partial charge on any atom is -0.497 e. The Bertz CT molecular complexity index is 1080. The zero-order valence-corrected chi connectivity index (χ0v) is 18.1. The molecular formula is C25H26FN3O2. The number of methoxy groups -OCH3 is 1. The number of aromatic nitrogens is 2. The number of halogens is 1. The first-order valence-corrected chi connectivity index (χ1v) is 10.5. The molecule has 1 aromatic heterocycles. The fourth-order valence-electron chi connectivity index (χ4n) is 3.84. The number of amides is 1. The number of carbonyl (C=O) groups excluding carboxylic acids is 1. The van der Waals surface area contributed by atoms with Crippen LogP contribution >= 0.6 is 0 Å². The first kappa shape index (κ1) is 21.0. The minimum absolute atomic E-state index is 0.0872. The van der Waals surface area contributed by atoms with Crippen LogP contribution in [0.5, 0.6) is 5.75 Å². The van der Waals surface area contributed by atoms with Crippen molar-refractivity contribution in [1.29, 1.82) is 0 Å². The summed E-state index contributed by atoms with van der Waals surface area (Å²) in [7, 11) is 1.65. The van der Waals surface area contributed by atoms with Crippen LogP contribution in [0.1, 0.15) is 47.2 Å². The molecule has 6 heteroatoms. The van der Waals surface area contributed by atoms with E-state index in [9.17, 15) is 9.18 Å². The van der Waals surface area contributed by atoms with Gasteiger partial charge in [-0.05, 0) is 55.0 Å². The van der Waals surface area contributed by atoms with E-state index in [2.05, 4.69) is 13.8 Å². The summed E-state index contributed by atoms with van der Waals surface area (Å²) in [6.45, 7) is 5.30. The molecule has 0 N–H and O–H groups in total. The second kappa shape index (κ2) is 8.84. The highest BCUT2D eigenvalue weighted by molar-refractivity contribution is 5.94. The van der Waals surface area contributed by atoms with Crippen molar-refractivity contribution in [2.24, 2.45) is 0 Å². The summed E-state index contributed by atoms with van der Waals surface area (Å²) in [5.41, 5.74) is 4.52. The number of ether oxygens (including phenoxy) is 1. The van der Waals surface area contributed by atoms with Crippen LogP contribution in [0.2, 0.25) is 0 Å². The van der Waals surface area contributed by atoms with Gasteiger partial charge in [0.2, 0.25) is 0 Å². The summed E-state index contributed by atoms with van der Waals surface area (Å²) in [5.74, 6) is 1.37. The minimum atomic E-state index is -0.347. The molecule has 1 aliphatic heterocycles. The molecule has 31 heavy (non-hydrogen) atoms. The Balaban J connectivity index is 1.67. The first-order valence-electron chi connectivity index (χ1n) is 10.5. The number of nitrogens with zero attached hydrogens (tertiary/aromatic N) is 3. The van der Waals surface area contributed by atoms with E-state index in [1.165, 1.54) is 24.3 Å². The third kappa shape index (κ3) is 4.43. The first-order chi connectivity index (χ1) is 15.0. The number of carbonyl (C=O) groups is 1. The van der Waals surface area contributed by atoms with Gasteiger partial charge in [0.05, 0.1) is 12.8 Å². The molecule has 0 saturated heterocycles. The molecule has 0 bridgehead atoms. The SMILES string of the molecule is COc1ccc(-c2nc(C(C)C)nc3c2CCN(C(=O)c2ccc(F)cc2)CC3)cc1. The highest BCUT2D eigenvalue weighted by Crippen LogP contribution is 2.30. The van der Waals surface area contributed by atoms with E-state index in [4.69, 9.17) is 14.7 Å². The normalized spacial score (nSPS) is 13.6. The lowest BCUT2D eigenvalue weighted by Crippen LogP contribution is -2.33. The van der Waals surface area contributed by atoms with Gasteiger partial charge < -0.3 is 9.64 Å². The largest absolute Gasteiger partial charge is 0.497 e. The molecule has 0 radical (unpaired) electrons. The predicted octanol–water partition coefficient (Wildman–Crippen LogP) is 4.66. The van der Waals surface area contributed by atoms with E-state index in [1.54, 1.807) is 7.11 Å². The molecule has 0 unspecified atom stereocenters. The maximum Gasteiger partial charge on any atom is 0.253 e. The van der Waals surface area contributed by atoms with E-state index in [-0.39, 0.29) is 17.6 Å². The van der Waals surface area contributed by atoms with Gasteiger partial charge in [0.25, 0.3) is 5.91 Å². The molecule has 4 rings (SSSR count). The zero-order valence-electron chi connectivity index (χ0n) is 18.1. The lowest BCUT2D eigenvalue weighted by molar-refractivity contribution is 0.0763. The van der Waals surface area contributed by atoms with Crippen LogP contribution in [0, 0.1) is 5.82 Å². The molecule has 1 aliphatic rings. The smallest absolute Gasteiger partial charge is 0.253 e. The zero-order chi connectivity index (χ0) is 22.0. The van der Waals surface area contributed by atoms with Crippen LogP contribution < -0.4 is 4.74 Å². The predicted molar refractivity (Wildman–Crippen MR) is 118 cm³/mol. The molecule has 0 saturated carbocycles. The summed E-state index contributed by atoms with van der Waals surface area (Å²) in [6, 6.07) is 13.6. The Morgan fingerprint density at radius 2 is 1.68 bits per heavy atom. The van der Waals surface area contributed by atoms with Crippen LogP contribution in [0.25, 0.3) is 11.3 Å². The van der Waals surface area contributed by atoms with Gasteiger partial charge in [-0.2, -0.15) is 0 Å². The Hall–Kier alpha value is -3.28. The molecule has 3 aromatic rings. The number of benzene rings is 2. The highest BCUT2D eigenvalue weighted by atomic mass is 19.1. The van der Waals surface area contributed by atoms with Gasteiger partial charge in [-0.1, -0.05) is 13.8 Å². The molecule has 0 fully saturated rings. The summed E-state index contributed by atoms with van der Waals surface area (Å²) in [5, 5.41) is 0. The molecule has 2 heterocycles. The van der Waals surface area contributed by atoms with Crippen molar-refractivity contribution < 1.29 is 13.9 Å². The number of rotatable bonds is 4. The summed E-state index contributed by atoms with van der Waals surface area (Å²) in [4.78, 5) is 24.5. The Morgan fingerprint density at radius 1 is 1.00 bits per heavy atom. The van der Waals surface area contributed by atoms with Gasteiger partial charge >= 0.3 is 0 Å². The molecule has 160 valence electrons. The van der Waals surface area contributed by atoms with Crippen molar-refractivity contribution in [3.63, 3.8) is 0 Å². The van der Waals surface area contributed by atoms with E-state index in [1.807, 2.05) is 29.2 Å². The van der Waals surface area contributed by atoms with E-state index in [0.29, 0.717) is 31.5 Å². The van der Waals surface area contributed by atoms with E-state index < -0.39 is 0 Å². The van der Waals surface area contributed by atoms with Crippen LogP contribution in [0.4, 0.5) is 4.39 Å². The van der Waals surface area contributed by atoms with Gasteiger partial charge in [0, 0.05) is 47.8 Å². The maximum absolute atomic E-state index is 13.2. The molecular weight excluding hydrogens is 393 g/mol. The van der Waals surface area contributed by atoms with E-state index >= 15 is 0 Å². The number of hydrogen-bond donors (Lipinski definition) is 0. The maximum atomic E-state index is 13.2. The van der Waals surface area contributed by atoms with Crippen LogP contribution in [0.3, 0.4) is 0 Å². The summed E-state index contributed by atoms with van der Waals surface area (Å²) >= 11 is 0. The van der Waals surface area contributed by atoms with Crippen molar-refractivity contribution in [2.75, 3.05) is 20.2 Å². The van der Waals surface area contributed by atoms with Crippen molar-refractivity contribution >= 4 is 5.91 Å². The van der Waals surface area contributed by atoms with Gasteiger partial charge in [0.1, 0.15) is 17.4 Å². The summed E-state index contributed by atoms with van der Waals surface area (Å²) in [6.07, 6.45) is 1.33. The van der Waals surface area contributed by atoms with Gasteiger partial charge in [0.15, 0.2) is 0 Å². The highest BCUT2D eigenvalue weighted by Gasteiger charge is 2.24. The average Bonchev–Trinajstić information content (AvgIpc) is 3.01. The Labute approximate surface area is 181 Å². The third-order valence-electron chi connectivity index (χ3n) is 5.62. The van der Waals surface area contributed by atoms with Crippen LogP contribution in [-0.4, -0.2) is 41.0 Å².